The first-order chi connectivity index (χ1) is 30.0. The second-order valence-electron chi connectivity index (χ2n) is 16.0. The number of allylic oxidation sites excluding steroid dienone is 16. The topological polar surface area (TPSA) is 78.9 Å². The van der Waals surface area contributed by atoms with Crippen LogP contribution in [0.1, 0.15) is 213 Å². The van der Waals surface area contributed by atoms with Crippen LogP contribution < -0.4 is 0 Å². The summed E-state index contributed by atoms with van der Waals surface area (Å²) in [6, 6.07) is 0. The fraction of sp³-hybridized carbons (Fsp3) is 0.655. The Bertz CT molecular complexity index is 1250. The SMILES string of the molecule is CC/C=C\C/C=C\C/C=C\C/C=C\C/C=C\CCCC(=O)OC[C@H](COC(=O)CCCCCCCCCCCCC)OC(=O)CCCC/C=C\C/C=C\C/C=C\CCCCC. The number of hydrogen-bond donors (Lipinski definition) is 0. The lowest BCUT2D eigenvalue weighted by Gasteiger charge is -2.18. The molecule has 6 nitrogen and oxygen atoms in total. The molecule has 0 aromatic heterocycles. The van der Waals surface area contributed by atoms with Crippen LogP contribution in [0.5, 0.6) is 0 Å². The minimum Gasteiger partial charge on any atom is -0.462 e. The van der Waals surface area contributed by atoms with Crippen LogP contribution in [0.2, 0.25) is 0 Å². The molecule has 0 saturated carbocycles. The average molecular weight is 847 g/mol. The molecule has 0 saturated heterocycles. The Morgan fingerprint density at radius 3 is 1.10 bits per heavy atom. The highest BCUT2D eigenvalue weighted by Crippen LogP contribution is 2.13. The van der Waals surface area contributed by atoms with E-state index < -0.39 is 6.10 Å². The molecule has 0 N–H and O–H groups in total. The van der Waals surface area contributed by atoms with E-state index in [9.17, 15) is 14.4 Å². The first-order valence-electron chi connectivity index (χ1n) is 24.7. The number of carbonyl (C=O) groups is 3. The van der Waals surface area contributed by atoms with Crippen LogP contribution in [0.15, 0.2) is 97.2 Å². The summed E-state index contributed by atoms with van der Waals surface area (Å²) in [4.78, 5) is 37.9. The minimum atomic E-state index is -0.818. The van der Waals surface area contributed by atoms with Gasteiger partial charge in [0.05, 0.1) is 0 Å². The van der Waals surface area contributed by atoms with Gasteiger partial charge in [-0.3, -0.25) is 14.4 Å². The molecule has 0 aliphatic heterocycles. The first kappa shape index (κ1) is 57.3. The quantitative estimate of drug-likeness (QED) is 0.0263. The summed E-state index contributed by atoms with van der Waals surface area (Å²) in [6.07, 6.45) is 63.9. The van der Waals surface area contributed by atoms with E-state index in [-0.39, 0.29) is 44.0 Å². The van der Waals surface area contributed by atoms with E-state index in [1.807, 2.05) is 0 Å². The van der Waals surface area contributed by atoms with Gasteiger partial charge < -0.3 is 14.2 Å². The summed E-state index contributed by atoms with van der Waals surface area (Å²) in [7, 11) is 0. The molecule has 61 heavy (non-hydrogen) atoms. The zero-order chi connectivity index (χ0) is 44.4. The maximum absolute atomic E-state index is 12.8. The smallest absolute Gasteiger partial charge is 0.306 e. The maximum atomic E-state index is 12.8. The molecule has 0 rings (SSSR count). The lowest BCUT2D eigenvalue weighted by Crippen LogP contribution is -2.30. The monoisotopic (exact) mass is 847 g/mol. The van der Waals surface area contributed by atoms with Crippen LogP contribution in [-0.4, -0.2) is 37.2 Å². The van der Waals surface area contributed by atoms with E-state index in [4.69, 9.17) is 14.2 Å². The van der Waals surface area contributed by atoms with E-state index in [0.29, 0.717) is 19.3 Å². The van der Waals surface area contributed by atoms with E-state index in [0.717, 1.165) is 83.5 Å². The van der Waals surface area contributed by atoms with Crippen LogP contribution in [0.3, 0.4) is 0 Å². The van der Waals surface area contributed by atoms with Crippen LogP contribution in [0.25, 0.3) is 0 Å². The average Bonchev–Trinajstić information content (AvgIpc) is 3.26. The Hall–Kier alpha value is -3.67. The van der Waals surface area contributed by atoms with Crippen molar-refractivity contribution in [3.05, 3.63) is 97.2 Å². The van der Waals surface area contributed by atoms with Crippen molar-refractivity contribution >= 4 is 17.9 Å². The highest BCUT2D eigenvalue weighted by atomic mass is 16.6. The van der Waals surface area contributed by atoms with Gasteiger partial charge >= 0.3 is 17.9 Å². The molecule has 346 valence electrons. The molecule has 0 bridgehead atoms. The third-order valence-corrected chi connectivity index (χ3v) is 10.1. The number of hydrogen-bond acceptors (Lipinski definition) is 6. The molecule has 0 heterocycles. The van der Waals surface area contributed by atoms with Crippen LogP contribution in [0, 0.1) is 0 Å². The summed E-state index contributed by atoms with van der Waals surface area (Å²) >= 11 is 0. The predicted octanol–water partition coefficient (Wildman–Crippen LogP) is 16.2. The van der Waals surface area contributed by atoms with Crippen LogP contribution >= 0.6 is 0 Å². The summed E-state index contributed by atoms with van der Waals surface area (Å²) in [5.41, 5.74) is 0. The number of carbonyl (C=O) groups excluding carboxylic acids is 3. The molecule has 0 aliphatic rings. The summed E-state index contributed by atoms with van der Waals surface area (Å²) in [5, 5.41) is 0. The molecule has 0 aromatic carbocycles. The molecule has 0 amide bonds. The van der Waals surface area contributed by atoms with Crippen molar-refractivity contribution in [1.82, 2.24) is 0 Å². The van der Waals surface area contributed by atoms with Crippen molar-refractivity contribution in [3.63, 3.8) is 0 Å². The number of unbranched alkanes of at least 4 members (excludes halogenated alkanes) is 16. The third kappa shape index (κ3) is 47.2. The number of rotatable bonds is 43. The molecule has 0 spiro atoms. The van der Waals surface area contributed by atoms with Crippen molar-refractivity contribution in [2.45, 2.75) is 219 Å². The maximum Gasteiger partial charge on any atom is 0.306 e. The Morgan fingerprint density at radius 2 is 0.656 bits per heavy atom. The lowest BCUT2D eigenvalue weighted by atomic mass is 10.1. The molecule has 0 fully saturated rings. The largest absolute Gasteiger partial charge is 0.462 e. The van der Waals surface area contributed by atoms with Crippen molar-refractivity contribution in [2.75, 3.05) is 13.2 Å². The normalized spacial score (nSPS) is 12.9. The van der Waals surface area contributed by atoms with Gasteiger partial charge in [-0.05, 0) is 96.3 Å². The highest BCUT2D eigenvalue weighted by molar-refractivity contribution is 5.71. The van der Waals surface area contributed by atoms with Gasteiger partial charge in [0.1, 0.15) is 13.2 Å². The Kier molecular flexibility index (Phi) is 46.0. The molecule has 0 aliphatic carbocycles. The molecular weight excluding hydrogens is 757 g/mol. The first-order valence-corrected chi connectivity index (χ1v) is 24.7. The second-order valence-corrected chi connectivity index (χ2v) is 16.0. The van der Waals surface area contributed by atoms with Crippen molar-refractivity contribution < 1.29 is 28.6 Å². The van der Waals surface area contributed by atoms with Gasteiger partial charge in [0.2, 0.25) is 0 Å². The second kappa shape index (κ2) is 49.0. The molecule has 6 heteroatoms. The zero-order valence-corrected chi connectivity index (χ0v) is 39.4. The zero-order valence-electron chi connectivity index (χ0n) is 39.4. The summed E-state index contributed by atoms with van der Waals surface area (Å²) in [5.74, 6) is -1.02. The highest BCUT2D eigenvalue weighted by Gasteiger charge is 2.19. The Labute approximate surface area is 375 Å². The van der Waals surface area contributed by atoms with Gasteiger partial charge in [-0.25, -0.2) is 0 Å². The molecule has 0 aromatic rings. The fourth-order valence-electron chi connectivity index (χ4n) is 6.36. The van der Waals surface area contributed by atoms with Gasteiger partial charge in [-0.15, -0.1) is 0 Å². The molecule has 1 atom stereocenters. The van der Waals surface area contributed by atoms with Gasteiger partial charge in [-0.1, -0.05) is 195 Å². The predicted molar refractivity (Wildman–Crippen MR) is 260 cm³/mol. The van der Waals surface area contributed by atoms with Crippen LogP contribution in [0.4, 0.5) is 0 Å². The minimum absolute atomic E-state index is 0.110. The standard InChI is InChI=1S/C55H90O6/c1-4-7-10-13-16-19-22-24-26-27-29-30-33-36-39-42-45-48-54(57)60-51-52(50-59-53(56)47-44-41-38-35-32-21-18-15-12-9-6-3)61-55(58)49-46-43-40-37-34-31-28-25-23-20-17-14-11-8-5-2/h7,10,16-17,19-20,24-26,28-30,34,36-37,39,52H,4-6,8-9,11-15,18,21-23,27,31-33,35,38,40-51H2,1-3H3/b10-7-,19-16-,20-17-,26-24-,28-25-,30-29-,37-34-,39-36-/t52-/m0/s1. The van der Waals surface area contributed by atoms with E-state index in [1.54, 1.807) is 0 Å². The fourth-order valence-corrected chi connectivity index (χ4v) is 6.36. The Morgan fingerprint density at radius 1 is 0.344 bits per heavy atom. The van der Waals surface area contributed by atoms with E-state index >= 15 is 0 Å². The summed E-state index contributed by atoms with van der Waals surface area (Å²) in [6.45, 7) is 6.39. The van der Waals surface area contributed by atoms with E-state index in [2.05, 4.69) is 118 Å². The van der Waals surface area contributed by atoms with E-state index in [1.165, 1.54) is 77.0 Å². The third-order valence-electron chi connectivity index (χ3n) is 10.1. The van der Waals surface area contributed by atoms with Crippen molar-refractivity contribution in [1.29, 1.82) is 0 Å². The van der Waals surface area contributed by atoms with Crippen LogP contribution in [-0.2, 0) is 28.6 Å². The summed E-state index contributed by atoms with van der Waals surface area (Å²) < 4.78 is 16.7. The molecule has 0 radical (unpaired) electrons. The Balaban J connectivity index is 4.54. The lowest BCUT2D eigenvalue weighted by molar-refractivity contribution is -0.167. The van der Waals surface area contributed by atoms with Gasteiger partial charge in [0, 0.05) is 19.3 Å². The van der Waals surface area contributed by atoms with Gasteiger partial charge in [0.25, 0.3) is 0 Å². The van der Waals surface area contributed by atoms with Crippen molar-refractivity contribution in [2.24, 2.45) is 0 Å². The van der Waals surface area contributed by atoms with Gasteiger partial charge in [-0.2, -0.15) is 0 Å². The van der Waals surface area contributed by atoms with Crippen molar-refractivity contribution in [3.8, 4) is 0 Å². The number of ether oxygens (including phenoxy) is 3. The van der Waals surface area contributed by atoms with Gasteiger partial charge in [0.15, 0.2) is 6.10 Å². The number of esters is 3. The molecule has 0 unspecified atom stereocenters. The molecular formula is C55H90O6.